The van der Waals surface area contributed by atoms with E-state index in [1.54, 1.807) is 7.05 Å². The maximum absolute atomic E-state index is 13.7. The monoisotopic (exact) mass is 280 g/mol. The summed E-state index contributed by atoms with van der Waals surface area (Å²) in [5.74, 6) is -1.54. The number of rotatable bonds is 4. The van der Waals surface area contributed by atoms with Crippen molar-refractivity contribution >= 4 is 17.7 Å². The van der Waals surface area contributed by atoms with Crippen LogP contribution >= 0.6 is 0 Å². The number of carbonyl (C=O) groups excluding carboxylic acids is 1. The van der Waals surface area contributed by atoms with E-state index < -0.39 is 17.8 Å². The minimum absolute atomic E-state index is 0.254. The minimum atomic E-state index is -1.28. The summed E-state index contributed by atoms with van der Waals surface area (Å²) in [7, 11) is 1.62. The van der Waals surface area contributed by atoms with E-state index >= 15 is 0 Å². The number of hydrogen-bond donors (Lipinski definition) is 2. The Morgan fingerprint density at radius 3 is 2.70 bits per heavy atom. The van der Waals surface area contributed by atoms with Crippen molar-refractivity contribution in [2.45, 2.75) is 19.3 Å². The largest absolute Gasteiger partial charge is 0.478 e. The van der Waals surface area contributed by atoms with Gasteiger partial charge in [-0.3, -0.25) is 0 Å². The van der Waals surface area contributed by atoms with Gasteiger partial charge in [0.2, 0.25) is 0 Å². The lowest BCUT2D eigenvalue weighted by molar-refractivity contribution is 0.0697. The van der Waals surface area contributed by atoms with E-state index in [1.807, 2.05) is 0 Å². The van der Waals surface area contributed by atoms with Crippen LogP contribution in [0.25, 0.3) is 0 Å². The number of carboxylic acids is 1. The maximum Gasteiger partial charge on any atom is 0.337 e. The summed E-state index contributed by atoms with van der Waals surface area (Å²) in [6, 6.07) is 3.18. The van der Waals surface area contributed by atoms with Crippen molar-refractivity contribution in [3.8, 4) is 0 Å². The van der Waals surface area contributed by atoms with E-state index in [0.29, 0.717) is 12.5 Å². The standard InChI is InChI=1S/C14H17FN2O3/c1-17(8-9-4-2-5-9)14(20)16-12-10(13(18)19)6-3-7-11(12)15/h3,6-7,9H,2,4-5,8H2,1H3,(H,16,20)(H,18,19). The summed E-state index contributed by atoms with van der Waals surface area (Å²) < 4.78 is 13.7. The molecule has 0 saturated heterocycles. The fourth-order valence-electron chi connectivity index (χ4n) is 2.18. The Balaban J connectivity index is 2.08. The predicted octanol–water partition coefficient (Wildman–Crippen LogP) is 2.79. The molecule has 0 radical (unpaired) electrons. The van der Waals surface area contributed by atoms with E-state index in [2.05, 4.69) is 5.32 Å². The van der Waals surface area contributed by atoms with Crippen molar-refractivity contribution in [1.82, 2.24) is 4.90 Å². The zero-order valence-corrected chi connectivity index (χ0v) is 11.2. The van der Waals surface area contributed by atoms with Gasteiger partial charge in [-0.1, -0.05) is 12.5 Å². The van der Waals surface area contributed by atoms with E-state index in [-0.39, 0.29) is 11.3 Å². The number of hydrogen-bond acceptors (Lipinski definition) is 2. The predicted molar refractivity (Wildman–Crippen MR) is 72.3 cm³/mol. The molecule has 0 aliphatic heterocycles. The molecule has 1 aromatic rings. The second kappa shape index (κ2) is 5.90. The van der Waals surface area contributed by atoms with Crippen LogP contribution in [0.2, 0.25) is 0 Å². The molecule has 108 valence electrons. The van der Waals surface area contributed by atoms with Crippen molar-refractivity contribution in [1.29, 1.82) is 0 Å². The molecular formula is C14H17FN2O3. The van der Waals surface area contributed by atoms with Crippen LogP contribution in [0.15, 0.2) is 18.2 Å². The molecule has 5 nitrogen and oxygen atoms in total. The lowest BCUT2D eigenvalue weighted by atomic mass is 9.85. The Hall–Kier alpha value is -2.11. The number of aromatic carboxylic acids is 1. The molecule has 1 aliphatic rings. The fourth-order valence-corrected chi connectivity index (χ4v) is 2.18. The van der Waals surface area contributed by atoms with Gasteiger partial charge in [-0.25, -0.2) is 14.0 Å². The van der Waals surface area contributed by atoms with Crippen LogP contribution in [0.4, 0.5) is 14.9 Å². The van der Waals surface area contributed by atoms with Crippen molar-refractivity contribution in [2.24, 2.45) is 5.92 Å². The molecule has 0 bridgehead atoms. The van der Waals surface area contributed by atoms with Gasteiger partial charge in [-0.2, -0.15) is 0 Å². The third kappa shape index (κ3) is 3.07. The first-order chi connectivity index (χ1) is 9.49. The first kappa shape index (κ1) is 14.3. The van der Waals surface area contributed by atoms with Crippen LogP contribution in [-0.4, -0.2) is 35.6 Å². The number of nitrogens with zero attached hydrogens (tertiary/aromatic N) is 1. The third-order valence-corrected chi connectivity index (χ3v) is 3.58. The number of anilines is 1. The Bertz CT molecular complexity index is 529. The molecule has 0 atom stereocenters. The zero-order valence-electron chi connectivity index (χ0n) is 11.2. The number of amides is 2. The van der Waals surface area contributed by atoms with Gasteiger partial charge >= 0.3 is 12.0 Å². The highest BCUT2D eigenvalue weighted by Crippen LogP contribution is 2.27. The number of para-hydroxylation sites is 1. The van der Waals surface area contributed by atoms with Gasteiger partial charge in [0.15, 0.2) is 0 Å². The molecule has 20 heavy (non-hydrogen) atoms. The molecule has 2 rings (SSSR count). The zero-order chi connectivity index (χ0) is 14.7. The van der Waals surface area contributed by atoms with Crippen molar-refractivity contribution < 1.29 is 19.1 Å². The van der Waals surface area contributed by atoms with E-state index in [4.69, 9.17) is 5.11 Å². The average molecular weight is 280 g/mol. The fraction of sp³-hybridized carbons (Fsp3) is 0.429. The molecule has 0 unspecified atom stereocenters. The average Bonchev–Trinajstić information content (AvgIpc) is 2.35. The van der Waals surface area contributed by atoms with Gasteiger partial charge in [0.25, 0.3) is 0 Å². The van der Waals surface area contributed by atoms with E-state index in [1.165, 1.54) is 23.5 Å². The molecule has 1 fully saturated rings. The molecular weight excluding hydrogens is 263 g/mol. The Kier molecular flexibility index (Phi) is 4.22. The molecule has 0 aromatic heterocycles. The van der Waals surface area contributed by atoms with Crippen LogP contribution in [0.5, 0.6) is 0 Å². The topological polar surface area (TPSA) is 69.6 Å². The van der Waals surface area contributed by atoms with Gasteiger partial charge in [0.1, 0.15) is 5.82 Å². The molecule has 0 spiro atoms. The summed E-state index contributed by atoms with van der Waals surface area (Å²) in [4.78, 5) is 24.5. The van der Waals surface area contributed by atoms with E-state index in [9.17, 15) is 14.0 Å². The highest BCUT2D eigenvalue weighted by atomic mass is 19.1. The van der Waals surface area contributed by atoms with Crippen LogP contribution in [0.3, 0.4) is 0 Å². The van der Waals surface area contributed by atoms with Crippen molar-refractivity contribution in [3.63, 3.8) is 0 Å². The van der Waals surface area contributed by atoms with E-state index in [0.717, 1.165) is 18.9 Å². The van der Waals surface area contributed by atoms with Gasteiger partial charge in [-0.05, 0) is 30.9 Å². The third-order valence-electron chi connectivity index (χ3n) is 3.58. The number of urea groups is 1. The lowest BCUT2D eigenvalue weighted by Gasteiger charge is -2.30. The van der Waals surface area contributed by atoms with Crippen molar-refractivity contribution in [3.05, 3.63) is 29.6 Å². The summed E-state index contributed by atoms with van der Waals surface area (Å²) in [6.07, 6.45) is 3.37. The Labute approximate surface area is 116 Å². The highest BCUT2D eigenvalue weighted by molar-refractivity contribution is 6.00. The van der Waals surface area contributed by atoms with Crippen LogP contribution in [0, 0.1) is 11.7 Å². The molecule has 2 N–H and O–H groups in total. The number of halogens is 1. The Morgan fingerprint density at radius 2 is 2.15 bits per heavy atom. The number of benzene rings is 1. The smallest absolute Gasteiger partial charge is 0.337 e. The number of carbonyl (C=O) groups is 2. The van der Waals surface area contributed by atoms with Gasteiger partial charge in [0, 0.05) is 13.6 Å². The summed E-state index contributed by atoms with van der Waals surface area (Å²) in [5.41, 5.74) is -0.541. The SMILES string of the molecule is CN(CC1CCC1)C(=O)Nc1c(F)cccc1C(=O)O. The Morgan fingerprint density at radius 1 is 1.45 bits per heavy atom. The minimum Gasteiger partial charge on any atom is -0.478 e. The van der Waals surface area contributed by atoms with Gasteiger partial charge in [0.05, 0.1) is 11.3 Å². The summed E-state index contributed by atoms with van der Waals surface area (Å²) in [5, 5.41) is 11.3. The molecule has 1 aliphatic carbocycles. The first-order valence-electron chi connectivity index (χ1n) is 6.53. The summed E-state index contributed by atoms with van der Waals surface area (Å²) >= 11 is 0. The van der Waals surface area contributed by atoms with Gasteiger partial charge in [-0.15, -0.1) is 0 Å². The number of carboxylic acid groups (broad SMARTS) is 1. The normalized spacial score (nSPS) is 14.5. The second-order valence-electron chi connectivity index (χ2n) is 5.08. The van der Waals surface area contributed by atoms with Crippen LogP contribution in [0.1, 0.15) is 29.6 Å². The maximum atomic E-state index is 13.7. The molecule has 6 heteroatoms. The second-order valence-corrected chi connectivity index (χ2v) is 5.08. The molecule has 1 aromatic carbocycles. The molecule has 2 amide bonds. The number of nitrogens with one attached hydrogen (secondary N) is 1. The highest BCUT2D eigenvalue weighted by Gasteiger charge is 2.23. The van der Waals surface area contributed by atoms with Gasteiger partial charge < -0.3 is 15.3 Å². The van der Waals surface area contributed by atoms with Crippen molar-refractivity contribution in [2.75, 3.05) is 18.9 Å². The van der Waals surface area contributed by atoms with Crippen LogP contribution < -0.4 is 5.32 Å². The molecule has 1 saturated carbocycles. The first-order valence-corrected chi connectivity index (χ1v) is 6.53. The quantitative estimate of drug-likeness (QED) is 0.891. The lowest BCUT2D eigenvalue weighted by Crippen LogP contribution is -2.37. The molecule has 0 heterocycles. The summed E-state index contributed by atoms with van der Waals surface area (Å²) in [6.45, 7) is 0.600. The van der Waals surface area contributed by atoms with Crippen LogP contribution in [-0.2, 0) is 0 Å².